The topological polar surface area (TPSA) is 35.2 Å². The summed E-state index contributed by atoms with van der Waals surface area (Å²) in [5, 5.41) is 0. The van der Waals surface area contributed by atoms with Crippen LogP contribution in [0.4, 0.5) is 0 Å². The zero-order valence-electron chi connectivity index (χ0n) is 12.1. The Balaban J connectivity index is 2.15. The number of ether oxygens (including phenoxy) is 1. The lowest BCUT2D eigenvalue weighted by atomic mass is 10.0. The van der Waals surface area contributed by atoms with Crippen molar-refractivity contribution in [1.29, 1.82) is 0 Å². The molecule has 0 aromatic heterocycles. The van der Waals surface area contributed by atoms with Gasteiger partial charge >= 0.3 is 0 Å². The van der Waals surface area contributed by atoms with E-state index in [1.807, 2.05) is 37.3 Å². The Morgan fingerprint density at radius 3 is 2.05 bits per heavy atom. The lowest BCUT2D eigenvalue weighted by Gasteiger charge is -2.12. The summed E-state index contributed by atoms with van der Waals surface area (Å²) in [5.74, 6) is 2.18. The summed E-state index contributed by atoms with van der Waals surface area (Å²) in [7, 11) is 0. The third-order valence-electron chi connectivity index (χ3n) is 3.24. The van der Waals surface area contributed by atoms with Crippen LogP contribution in [0.1, 0.15) is 43.9 Å². The predicted octanol–water partition coefficient (Wildman–Crippen LogP) is 5.38. The molecule has 2 rings (SSSR count). The molecule has 0 fully saturated rings. The Morgan fingerprint density at radius 1 is 0.950 bits per heavy atom. The molecule has 0 spiro atoms. The normalized spacial score (nSPS) is 12.5. The van der Waals surface area contributed by atoms with Crippen LogP contribution in [0, 0.1) is 0 Å². The molecular formula is C17H20BrNO. The molecule has 0 amide bonds. The fourth-order valence-electron chi connectivity index (χ4n) is 2.00. The molecule has 0 radical (unpaired) electrons. The van der Waals surface area contributed by atoms with Gasteiger partial charge in [0.05, 0.1) is 0 Å². The van der Waals surface area contributed by atoms with E-state index in [1.165, 1.54) is 5.56 Å². The van der Waals surface area contributed by atoms with Crippen LogP contribution >= 0.6 is 15.9 Å². The first-order chi connectivity index (χ1) is 9.47. The van der Waals surface area contributed by atoms with Crippen molar-refractivity contribution in [1.82, 2.24) is 0 Å². The zero-order chi connectivity index (χ0) is 14.7. The molecule has 3 heteroatoms. The van der Waals surface area contributed by atoms with E-state index in [9.17, 15) is 0 Å². The van der Waals surface area contributed by atoms with E-state index < -0.39 is 0 Å². The first kappa shape index (κ1) is 15.1. The minimum Gasteiger partial charge on any atom is -0.457 e. The van der Waals surface area contributed by atoms with Crippen LogP contribution < -0.4 is 10.5 Å². The van der Waals surface area contributed by atoms with Crippen LogP contribution in [-0.4, -0.2) is 0 Å². The van der Waals surface area contributed by atoms with Crippen LogP contribution in [0.2, 0.25) is 0 Å². The number of nitrogens with two attached hydrogens (primary N) is 1. The quantitative estimate of drug-likeness (QED) is 0.814. The van der Waals surface area contributed by atoms with Crippen molar-refractivity contribution in [3.05, 3.63) is 58.1 Å². The lowest BCUT2D eigenvalue weighted by Crippen LogP contribution is -2.05. The summed E-state index contributed by atoms with van der Waals surface area (Å²) in [6.07, 6.45) is 0. The second kappa shape index (κ2) is 6.42. The molecule has 0 heterocycles. The van der Waals surface area contributed by atoms with Crippen LogP contribution in [-0.2, 0) is 0 Å². The molecule has 0 aliphatic rings. The Hall–Kier alpha value is -1.32. The van der Waals surface area contributed by atoms with Crippen molar-refractivity contribution in [2.45, 2.75) is 32.7 Å². The largest absolute Gasteiger partial charge is 0.457 e. The molecule has 2 nitrogen and oxygen atoms in total. The second-order valence-corrected chi connectivity index (χ2v) is 6.15. The summed E-state index contributed by atoms with van der Waals surface area (Å²) < 4.78 is 6.83. The Bertz CT molecular complexity index is 576. The van der Waals surface area contributed by atoms with Gasteiger partial charge in [-0.25, -0.2) is 0 Å². The average Bonchev–Trinajstić information content (AvgIpc) is 2.39. The van der Waals surface area contributed by atoms with Crippen LogP contribution in [0.3, 0.4) is 0 Å². The maximum absolute atomic E-state index is 5.89. The molecule has 0 saturated heterocycles. The standard InChI is InChI=1S/C17H20BrNO/c1-11(2)13-4-6-14(7-5-13)20-15-8-9-16(12(3)19)17(18)10-15/h4-12H,19H2,1-3H3/t12-/m1/s1. The van der Waals surface area contributed by atoms with Gasteiger partial charge in [-0.3, -0.25) is 0 Å². The van der Waals surface area contributed by atoms with Gasteiger partial charge in [0.1, 0.15) is 11.5 Å². The Kier molecular flexibility index (Phi) is 4.84. The van der Waals surface area contributed by atoms with Gasteiger partial charge in [-0.15, -0.1) is 0 Å². The van der Waals surface area contributed by atoms with E-state index in [4.69, 9.17) is 10.5 Å². The molecule has 2 aromatic rings. The van der Waals surface area contributed by atoms with Gasteiger partial charge in [-0.05, 0) is 48.2 Å². The van der Waals surface area contributed by atoms with Crippen LogP contribution in [0.15, 0.2) is 46.9 Å². The summed E-state index contributed by atoms with van der Waals surface area (Å²) in [6.45, 7) is 6.32. The summed E-state index contributed by atoms with van der Waals surface area (Å²) in [4.78, 5) is 0. The van der Waals surface area contributed by atoms with Crippen LogP contribution in [0.5, 0.6) is 11.5 Å². The maximum atomic E-state index is 5.89. The van der Waals surface area contributed by atoms with E-state index in [-0.39, 0.29) is 6.04 Å². The third-order valence-corrected chi connectivity index (χ3v) is 3.93. The molecule has 0 unspecified atom stereocenters. The molecule has 0 aliphatic carbocycles. The minimum absolute atomic E-state index is 0.00347. The summed E-state index contributed by atoms with van der Waals surface area (Å²) >= 11 is 3.53. The van der Waals surface area contributed by atoms with E-state index in [0.717, 1.165) is 21.5 Å². The molecule has 20 heavy (non-hydrogen) atoms. The van der Waals surface area contributed by atoms with Gasteiger partial charge in [-0.1, -0.05) is 48.0 Å². The fraction of sp³-hybridized carbons (Fsp3) is 0.294. The summed E-state index contributed by atoms with van der Waals surface area (Å²) in [6, 6.07) is 14.1. The molecule has 1 atom stereocenters. The minimum atomic E-state index is 0.00347. The highest BCUT2D eigenvalue weighted by Crippen LogP contribution is 2.30. The molecule has 0 bridgehead atoms. The van der Waals surface area contributed by atoms with Crippen molar-refractivity contribution in [3.63, 3.8) is 0 Å². The summed E-state index contributed by atoms with van der Waals surface area (Å²) in [5.41, 5.74) is 8.28. The van der Waals surface area contributed by atoms with Crippen molar-refractivity contribution in [3.8, 4) is 11.5 Å². The van der Waals surface area contributed by atoms with Crippen molar-refractivity contribution < 1.29 is 4.74 Å². The number of rotatable bonds is 4. The average molecular weight is 334 g/mol. The van der Waals surface area contributed by atoms with Crippen LogP contribution in [0.25, 0.3) is 0 Å². The van der Waals surface area contributed by atoms with E-state index >= 15 is 0 Å². The number of halogens is 1. The second-order valence-electron chi connectivity index (χ2n) is 5.30. The Morgan fingerprint density at radius 2 is 1.55 bits per heavy atom. The van der Waals surface area contributed by atoms with Gasteiger partial charge in [0.25, 0.3) is 0 Å². The van der Waals surface area contributed by atoms with Crippen molar-refractivity contribution in [2.24, 2.45) is 5.73 Å². The third kappa shape index (κ3) is 3.62. The number of hydrogen-bond acceptors (Lipinski definition) is 2. The smallest absolute Gasteiger partial charge is 0.128 e. The van der Waals surface area contributed by atoms with Gasteiger partial charge < -0.3 is 10.5 Å². The molecular weight excluding hydrogens is 314 g/mol. The number of benzene rings is 2. The van der Waals surface area contributed by atoms with E-state index in [2.05, 4.69) is 41.9 Å². The SMILES string of the molecule is CC(C)c1ccc(Oc2ccc([C@@H](C)N)c(Br)c2)cc1. The van der Waals surface area contributed by atoms with E-state index in [1.54, 1.807) is 0 Å². The van der Waals surface area contributed by atoms with Gasteiger partial charge in [0.15, 0.2) is 0 Å². The highest BCUT2D eigenvalue weighted by molar-refractivity contribution is 9.10. The zero-order valence-corrected chi connectivity index (χ0v) is 13.6. The number of hydrogen-bond donors (Lipinski definition) is 1. The Labute approximate surface area is 129 Å². The first-order valence-electron chi connectivity index (χ1n) is 6.80. The molecule has 0 saturated carbocycles. The lowest BCUT2D eigenvalue weighted by molar-refractivity contribution is 0.481. The van der Waals surface area contributed by atoms with Crippen molar-refractivity contribution >= 4 is 15.9 Å². The molecule has 2 aromatic carbocycles. The highest BCUT2D eigenvalue weighted by atomic mass is 79.9. The molecule has 0 aliphatic heterocycles. The first-order valence-corrected chi connectivity index (χ1v) is 7.59. The maximum Gasteiger partial charge on any atom is 0.128 e. The van der Waals surface area contributed by atoms with Gasteiger partial charge in [0.2, 0.25) is 0 Å². The predicted molar refractivity (Wildman–Crippen MR) is 87.3 cm³/mol. The van der Waals surface area contributed by atoms with Gasteiger partial charge in [0, 0.05) is 10.5 Å². The van der Waals surface area contributed by atoms with Gasteiger partial charge in [-0.2, -0.15) is 0 Å². The van der Waals surface area contributed by atoms with E-state index in [0.29, 0.717) is 5.92 Å². The molecule has 106 valence electrons. The van der Waals surface area contributed by atoms with Crippen molar-refractivity contribution in [2.75, 3.05) is 0 Å². The molecule has 2 N–H and O–H groups in total. The monoisotopic (exact) mass is 333 g/mol. The fourth-order valence-corrected chi connectivity index (χ4v) is 2.72. The highest BCUT2D eigenvalue weighted by Gasteiger charge is 2.07.